The van der Waals surface area contributed by atoms with Gasteiger partial charge in [0.1, 0.15) is 5.82 Å². The predicted molar refractivity (Wildman–Crippen MR) is 85.6 cm³/mol. The van der Waals surface area contributed by atoms with Crippen molar-refractivity contribution in [2.75, 3.05) is 18.0 Å². The van der Waals surface area contributed by atoms with Crippen LogP contribution >= 0.6 is 12.4 Å². The van der Waals surface area contributed by atoms with Gasteiger partial charge in [-0.1, -0.05) is 12.1 Å². The Morgan fingerprint density at radius 2 is 1.77 bits per heavy atom. The summed E-state index contributed by atoms with van der Waals surface area (Å²) < 4.78 is 13.2. The Hall–Kier alpha value is -2.40. The molecule has 22 heavy (non-hydrogen) atoms. The SMILES string of the molecule is Cl.O=C1c2ccccc2N(c2ccc(F)cc2)C2=NCCN12. The molecule has 2 aromatic carbocycles. The van der Waals surface area contributed by atoms with Gasteiger partial charge in [-0.3, -0.25) is 19.6 Å². The molecule has 2 aliphatic heterocycles. The Morgan fingerprint density at radius 1 is 1.05 bits per heavy atom. The summed E-state index contributed by atoms with van der Waals surface area (Å²) in [5.41, 5.74) is 2.22. The maximum Gasteiger partial charge on any atom is 0.262 e. The molecule has 2 aromatic rings. The molecule has 0 radical (unpaired) electrons. The van der Waals surface area contributed by atoms with Gasteiger partial charge in [0.25, 0.3) is 5.91 Å². The molecule has 2 aliphatic rings. The van der Waals surface area contributed by atoms with Gasteiger partial charge in [0.05, 0.1) is 17.8 Å². The van der Waals surface area contributed by atoms with Crippen LogP contribution in [0.15, 0.2) is 53.5 Å². The number of carbonyl (C=O) groups is 1. The monoisotopic (exact) mass is 317 g/mol. The molecule has 0 spiro atoms. The smallest absolute Gasteiger partial charge is 0.262 e. The highest BCUT2D eigenvalue weighted by molar-refractivity contribution is 6.21. The van der Waals surface area contributed by atoms with Crippen LogP contribution in [0.5, 0.6) is 0 Å². The zero-order valence-electron chi connectivity index (χ0n) is 11.6. The van der Waals surface area contributed by atoms with Crippen molar-refractivity contribution < 1.29 is 9.18 Å². The Bertz CT molecular complexity index is 760. The molecular formula is C16H13ClFN3O. The summed E-state index contributed by atoms with van der Waals surface area (Å²) in [4.78, 5) is 20.5. The van der Waals surface area contributed by atoms with E-state index in [1.54, 1.807) is 17.0 Å². The minimum Gasteiger partial charge on any atom is -0.280 e. The van der Waals surface area contributed by atoms with E-state index in [4.69, 9.17) is 0 Å². The third kappa shape index (κ3) is 2.05. The molecule has 1 amide bonds. The number of aliphatic imine (C=N–C) groups is 1. The fourth-order valence-electron chi connectivity index (χ4n) is 2.77. The van der Waals surface area contributed by atoms with Crippen LogP contribution < -0.4 is 4.90 Å². The van der Waals surface area contributed by atoms with Crippen LogP contribution in [-0.2, 0) is 0 Å². The van der Waals surface area contributed by atoms with Crippen molar-refractivity contribution in [3.8, 4) is 0 Å². The maximum atomic E-state index is 13.2. The minimum absolute atomic E-state index is 0. The van der Waals surface area contributed by atoms with Gasteiger partial charge < -0.3 is 0 Å². The van der Waals surface area contributed by atoms with Gasteiger partial charge in [0, 0.05) is 12.2 Å². The molecule has 0 bridgehead atoms. The van der Waals surface area contributed by atoms with Crippen LogP contribution in [-0.4, -0.2) is 29.9 Å². The van der Waals surface area contributed by atoms with Crippen molar-refractivity contribution in [2.45, 2.75) is 0 Å². The highest BCUT2D eigenvalue weighted by Gasteiger charge is 2.37. The largest absolute Gasteiger partial charge is 0.280 e. The van der Waals surface area contributed by atoms with E-state index in [-0.39, 0.29) is 24.1 Å². The minimum atomic E-state index is -0.287. The fourth-order valence-corrected chi connectivity index (χ4v) is 2.77. The van der Waals surface area contributed by atoms with E-state index in [1.807, 2.05) is 29.2 Å². The van der Waals surface area contributed by atoms with Crippen molar-refractivity contribution in [3.63, 3.8) is 0 Å². The summed E-state index contributed by atoms with van der Waals surface area (Å²) >= 11 is 0. The van der Waals surface area contributed by atoms with Gasteiger partial charge in [0.15, 0.2) is 0 Å². The number of hydrogen-bond donors (Lipinski definition) is 0. The Kier molecular flexibility index (Phi) is 3.58. The molecule has 112 valence electrons. The Balaban J connectivity index is 0.00000144. The number of rotatable bonds is 1. The first-order valence-corrected chi connectivity index (χ1v) is 6.77. The molecule has 4 nitrogen and oxygen atoms in total. The van der Waals surface area contributed by atoms with Crippen LogP contribution in [0, 0.1) is 5.82 Å². The maximum absolute atomic E-state index is 13.2. The summed E-state index contributed by atoms with van der Waals surface area (Å²) in [6, 6.07) is 13.6. The number of anilines is 2. The topological polar surface area (TPSA) is 35.9 Å². The van der Waals surface area contributed by atoms with Crippen molar-refractivity contribution in [1.82, 2.24) is 4.90 Å². The van der Waals surface area contributed by atoms with E-state index < -0.39 is 0 Å². The highest BCUT2D eigenvalue weighted by atomic mass is 35.5. The summed E-state index contributed by atoms with van der Waals surface area (Å²) in [5.74, 6) is 0.302. The predicted octanol–water partition coefficient (Wildman–Crippen LogP) is 3.21. The van der Waals surface area contributed by atoms with Crippen molar-refractivity contribution in [2.24, 2.45) is 4.99 Å². The number of fused-ring (bicyclic) bond motifs is 2. The molecule has 4 rings (SSSR count). The molecule has 0 atom stereocenters. The van der Waals surface area contributed by atoms with Crippen LogP contribution in [0.25, 0.3) is 0 Å². The normalized spacial score (nSPS) is 15.9. The number of hydrogen-bond acceptors (Lipinski definition) is 3. The zero-order chi connectivity index (χ0) is 14.4. The van der Waals surface area contributed by atoms with Crippen molar-refractivity contribution in [1.29, 1.82) is 0 Å². The lowest BCUT2D eigenvalue weighted by molar-refractivity contribution is 0.0853. The average molecular weight is 318 g/mol. The number of para-hydroxylation sites is 1. The second-order valence-electron chi connectivity index (χ2n) is 4.97. The third-order valence-corrected chi connectivity index (χ3v) is 3.72. The molecule has 0 aromatic heterocycles. The van der Waals surface area contributed by atoms with Crippen LogP contribution in [0.4, 0.5) is 15.8 Å². The Morgan fingerprint density at radius 3 is 2.55 bits per heavy atom. The van der Waals surface area contributed by atoms with Crippen molar-refractivity contribution >= 4 is 35.6 Å². The molecule has 0 aliphatic carbocycles. The van der Waals surface area contributed by atoms with Crippen molar-refractivity contribution in [3.05, 3.63) is 59.9 Å². The van der Waals surface area contributed by atoms with Crippen LogP contribution in [0.3, 0.4) is 0 Å². The van der Waals surface area contributed by atoms with Gasteiger partial charge in [-0.15, -0.1) is 12.4 Å². The molecular weight excluding hydrogens is 305 g/mol. The second-order valence-corrected chi connectivity index (χ2v) is 4.97. The second kappa shape index (κ2) is 5.42. The van der Waals surface area contributed by atoms with E-state index in [0.717, 1.165) is 11.4 Å². The van der Waals surface area contributed by atoms with Gasteiger partial charge in [-0.25, -0.2) is 4.39 Å². The van der Waals surface area contributed by atoms with Gasteiger partial charge >= 0.3 is 0 Å². The van der Waals surface area contributed by atoms with Gasteiger partial charge in [-0.2, -0.15) is 0 Å². The Labute approximate surface area is 133 Å². The average Bonchev–Trinajstić information content (AvgIpc) is 2.99. The summed E-state index contributed by atoms with van der Waals surface area (Å²) in [7, 11) is 0. The number of halogens is 2. The lowest BCUT2D eigenvalue weighted by Gasteiger charge is -2.35. The number of amides is 1. The summed E-state index contributed by atoms with van der Waals surface area (Å²) in [5, 5.41) is 0. The van der Waals surface area contributed by atoms with Gasteiger partial charge in [-0.05, 0) is 36.4 Å². The standard InChI is InChI=1S/C16H12FN3O.ClH/c17-11-5-7-12(8-6-11)20-14-4-2-1-3-13(14)15(21)19-10-9-18-16(19)20;/h1-8H,9-10H2;1H. The summed E-state index contributed by atoms with van der Waals surface area (Å²) in [6.45, 7) is 1.17. The van der Waals surface area contributed by atoms with E-state index in [9.17, 15) is 9.18 Å². The lowest BCUT2D eigenvalue weighted by atomic mass is 10.1. The number of nitrogens with zero attached hydrogens (tertiary/aromatic N) is 3. The lowest BCUT2D eigenvalue weighted by Crippen LogP contribution is -2.47. The fraction of sp³-hybridized carbons (Fsp3) is 0.125. The molecule has 0 N–H and O–H groups in total. The number of carbonyl (C=O) groups excluding carboxylic acids is 1. The van der Waals surface area contributed by atoms with E-state index >= 15 is 0 Å². The third-order valence-electron chi connectivity index (χ3n) is 3.72. The quantitative estimate of drug-likeness (QED) is 0.809. The molecule has 6 heteroatoms. The highest BCUT2D eigenvalue weighted by Crippen LogP contribution is 2.35. The number of guanidine groups is 1. The van der Waals surface area contributed by atoms with E-state index in [0.29, 0.717) is 24.6 Å². The molecule has 0 unspecified atom stereocenters. The molecule has 0 saturated heterocycles. The first kappa shape index (κ1) is 14.5. The first-order chi connectivity index (χ1) is 10.3. The van der Waals surface area contributed by atoms with E-state index in [1.165, 1.54) is 12.1 Å². The molecule has 0 saturated carbocycles. The van der Waals surface area contributed by atoms with E-state index in [2.05, 4.69) is 4.99 Å². The first-order valence-electron chi connectivity index (χ1n) is 6.77. The van der Waals surface area contributed by atoms with Gasteiger partial charge in [0.2, 0.25) is 5.96 Å². The number of benzene rings is 2. The zero-order valence-corrected chi connectivity index (χ0v) is 12.4. The molecule has 2 heterocycles. The molecule has 0 fully saturated rings. The summed E-state index contributed by atoms with van der Waals surface area (Å²) in [6.07, 6.45) is 0. The van der Waals surface area contributed by atoms with Crippen LogP contribution in [0.2, 0.25) is 0 Å². The van der Waals surface area contributed by atoms with Crippen LogP contribution in [0.1, 0.15) is 10.4 Å².